The van der Waals surface area contributed by atoms with Crippen LogP contribution in [0.1, 0.15) is 19.5 Å². The van der Waals surface area contributed by atoms with E-state index in [0.29, 0.717) is 0 Å². The molecule has 3 nitrogen and oxygen atoms in total. The van der Waals surface area contributed by atoms with Crippen molar-refractivity contribution < 1.29 is 0 Å². The fourth-order valence-corrected chi connectivity index (χ4v) is 2.61. The van der Waals surface area contributed by atoms with Crippen molar-refractivity contribution in [3.8, 4) is 11.1 Å². The van der Waals surface area contributed by atoms with E-state index < -0.39 is 0 Å². The molecular weight excluding hydrogens is 246 g/mol. The number of aryl methyl sites for hydroxylation is 2. The van der Waals surface area contributed by atoms with Gasteiger partial charge >= 0.3 is 0 Å². The molecule has 3 rings (SSSR count). The van der Waals surface area contributed by atoms with Crippen LogP contribution in [-0.2, 0) is 14.1 Å². The molecule has 2 heterocycles. The van der Waals surface area contributed by atoms with Crippen LogP contribution in [0.4, 0.5) is 0 Å². The third kappa shape index (κ3) is 1.95. The summed E-state index contributed by atoms with van der Waals surface area (Å²) in [7, 11) is 4.07. The molecule has 20 heavy (non-hydrogen) atoms. The van der Waals surface area contributed by atoms with Gasteiger partial charge in [0, 0.05) is 42.5 Å². The first-order chi connectivity index (χ1) is 9.60. The molecule has 0 spiro atoms. The molecule has 0 unspecified atom stereocenters. The van der Waals surface area contributed by atoms with E-state index >= 15 is 0 Å². The van der Waals surface area contributed by atoms with Gasteiger partial charge < -0.3 is 4.57 Å². The molecule has 0 saturated carbocycles. The van der Waals surface area contributed by atoms with E-state index in [2.05, 4.69) is 60.9 Å². The molecule has 3 heteroatoms. The maximum absolute atomic E-state index is 4.24. The standard InChI is InChI=1S/C17H19N3/c1-5-12(2)16-9-14-7-6-13(8-17(14)20(16)4)15-10-18-19(3)11-15/h5-11H,1-4H3. The number of aromatic nitrogens is 3. The minimum Gasteiger partial charge on any atom is -0.344 e. The lowest BCUT2D eigenvalue weighted by Gasteiger charge is -2.04. The van der Waals surface area contributed by atoms with Crippen molar-refractivity contribution in [1.29, 1.82) is 0 Å². The first-order valence-electron chi connectivity index (χ1n) is 6.82. The van der Waals surface area contributed by atoms with Gasteiger partial charge in [0.05, 0.1) is 6.20 Å². The Hall–Kier alpha value is -2.29. The molecule has 0 aliphatic rings. The average molecular weight is 265 g/mol. The van der Waals surface area contributed by atoms with Crippen molar-refractivity contribution >= 4 is 16.5 Å². The minimum absolute atomic E-state index is 1.15. The molecule has 1 aromatic carbocycles. The van der Waals surface area contributed by atoms with E-state index in [1.807, 2.05) is 24.1 Å². The van der Waals surface area contributed by atoms with E-state index in [1.54, 1.807) is 0 Å². The zero-order valence-corrected chi connectivity index (χ0v) is 12.4. The second kappa shape index (κ2) is 4.67. The van der Waals surface area contributed by atoms with Crippen molar-refractivity contribution in [2.75, 3.05) is 0 Å². The number of allylic oxidation sites excluding steroid dienone is 2. The fraction of sp³-hybridized carbons (Fsp3) is 0.235. The largest absolute Gasteiger partial charge is 0.344 e. The van der Waals surface area contributed by atoms with Crippen LogP contribution in [-0.4, -0.2) is 14.3 Å². The third-order valence-corrected chi connectivity index (χ3v) is 3.92. The summed E-state index contributed by atoms with van der Waals surface area (Å²) < 4.78 is 4.09. The summed E-state index contributed by atoms with van der Waals surface area (Å²) in [6, 6.07) is 8.83. The minimum atomic E-state index is 1.15. The second-order valence-electron chi connectivity index (χ2n) is 5.24. The van der Waals surface area contributed by atoms with Crippen LogP contribution < -0.4 is 0 Å². The summed E-state index contributed by atoms with van der Waals surface area (Å²) in [5.41, 5.74) is 6.18. The van der Waals surface area contributed by atoms with Crippen LogP contribution in [0.3, 0.4) is 0 Å². The Morgan fingerprint density at radius 3 is 2.60 bits per heavy atom. The summed E-state index contributed by atoms with van der Waals surface area (Å²) in [4.78, 5) is 0. The number of benzene rings is 1. The Balaban J connectivity index is 2.18. The Kier molecular flexibility index (Phi) is 2.97. The Labute approximate surface area is 119 Å². The molecule has 2 aromatic heterocycles. The first-order valence-corrected chi connectivity index (χ1v) is 6.82. The Bertz CT molecular complexity index is 803. The van der Waals surface area contributed by atoms with Gasteiger partial charge in [0.1, 0.15) is 0 Å². The highest BCUT2D eigenvalue weighted by Crippen LogP contribution is 2.28. The molecule has 0 atom stereocenters. The van der Waals surface area contributed by atoms with Gasteiger partial charge in [0.15, 0.2) is 0 Å². The topological polar surface area (TPSA) is 22.8 Å². The molecule has 0 aliphatic heterocycles. The van der Waals surface area contributed by atoms with Crippen molar-refractivity contribution in [2.45, 2.75) is 13.8 Å². The molecule has 0 bridgehead atoms. The van der Waals surface area contributed by atoms with Crippen LogP contribution in [0, 0.1) is 0 Å². The van der Waals surface area contributed by atoms with Crippen molar-refractivity contribution in [1.82, 2.24) is 14.3 Å². The van der Waals surface area contributed by atoms with Gasteiger partial charge in [0.2, 0.25) is 0 Å². The first kappa shape index (κ1) is 12.7. The molecule has 0 saturated heterocycles. The van der Waals surface area contributed by atoms with Crippen LogP contribution in [0.2, 0.25) is 0 Å². The number of rotatable bonds is 2. The molecule has 0 radical (unpaired) electrons. The normalized spacial score (nSPS) is 12.3. The fourth-order valence-electron chi connectivity index (χ4n) is 2.61. The SMILES string of the molecule is CC=C(C)c1cc2ccc(-c3cnn(C)c3)cc2n1C. The van der Waals surface area contributed by atoms with Crippen molar-refractivity contribution in [3.05, 3.63) is 48.4 Å². The van der Waals surface area contributed by atoms with Gasteiger partial charge in [-0.15, -0.1) is 0 Å². The summed E-state index contributed by atoms with van der Waals surface area (Å²) in [5.74, 6) is 0. The summed E-state index contributed by atoms with van der Waals surface area (Å²) in [6.45, 7) is 4.23. The second-order valence-corrected chi connectivity index (χ2v) is 5.24. The number of nitrogens with zero attached hydrogens (tertiary/aromatic N) is 3. The van der Waals surface area contributed by atoms with Gasteiger partial charge in [-0.2, -0.15) is 5.10 Å². The lowest BCUT2D eigenvalue weighted by molar-refractivity contribution is 0.768. The van der Waals surface area contributed by atoms with E-state index in [4.69, 9.17) is 0 Å². The maximum Gasteiger partial charge on any atom is 0.0568 e. The summed E-state index contributed by atoms with van der Waals surface area (Å²) in [6.07, 6.45) is 6.10. The maximum atomic E-state index is 4.24. The van der Waals surface area contributed by atoms with Crippen LogP contribution in [0.25, 0.3) is 27.6 Å². The van der Waals surface area contributed by atoms with Gasteiger partial charge in [-0.3, -0.25) is 4.68 Å². The van der Waals surface area contributed by atoms with Crippen molar-refractivity contribution in [3.63, 3.8) is 0 Å². The smallest absolute Gasteiger partial charge is 0.0568 e. The Morgan fingerprint density at radius 1 is 1.15 bits per heavy atom. The van der Waals surface area contributed by atoms with Gasteiger partial charge in [0.25, 0.3) is 0 Å². The van der Waals surface area contributed by atoms with Crippen molar-refractivity contribution in [2.24, 2.45) is 14.1 Å². The van der Waals surface area contributed by atoms with Crippen LogP contribution in [0.5, 0.6) is 0 Å². The molecule has 0 N–H and O–H groups in total. The number of hydrogen-bond acceptors (Lipinski definition) is 1. The molecule has 0 aliphatic carbocycles. The zero-order chi connectivity index (χ0) is 14.3. The number of hydrogen-bond donors (Lipinski definition) is 0. The Morgan fingerprint density at radius 2 is 1.95 bits per heavy atom. The molecule has 0 amide bonds. The van der Waals surface area contributed by atoms with Gasteiger partial charge in [-0.25, -0.2) is 0 Å². The van der Waals surface area contributed by atoms with Gasteiger partial charge in [-0.1, -0.05) is 18.2 Å². The number of fused-ring (bicyclic) bond motifs is 1. The molecule has 102 valence electrons. The summed E-state index contributed by atoms with van der Waals surface area (Å²) in [5, 5.41) is 5.52. The molecule has 0 fully saturated rings. The highest BCUT2D eigenvalue weighted by molar-refractivity contribution is 5.89. The third-order valence-electron chi connectivity index (χ3n) is 3.92. The van der Waals surface area contributed by atoms with E-state index in [9.17, 15) is 0 Å². The average Bonchev–Trinajstić information content (AvgIpc) is 3.02. The van der Waals surface area contributed by atoms with Gasteiger partial charge in [-0.05, 0) is 37.1 Å². The van der Waals surface area contributed by atoms with Crippen LogP contribution in [0.15, 0.2) is 42.7 Å². The monoisotopic (exact) mass is 265 g/mol. The lowest BCUT2D eigenvalue weighted by Crippen LogP contribution is -1.93. The predicted octanol–water partition coefficient (Wildman–Crippen LogP) is 4.00. The van der Waals surface area contributed by atoms with E-state index in [1.165, 1.54) is 27.7 Å². The highest BCUT2D eigenvalue weighted by Gasteiger charge is 2.09. The highest BCUT2D eigenvalue weighted by atomic mass is 15.2. The van der Waals surface area contributed by atoms with E-state index in [0.717, 1.165) is 5.56 Å². The lowest BCUT2D eigenvalue weighted by atomic mass is 10.1. The molecular formula is C17H19N3. The zero-order valence-electron chi connectivity index (χ0n) is 12.4. The quantitative estimate of drug-likeness (QED) is 0.686. The summed E-state index contributed by atoms with van der Waals surface area (Å²) >= 11 is 0. The van der Waals surface area contributed by atoms with Crippen LogP contribution >= 0.6 is 0 Å². The van der Waals surface area contributed by atoms with E-state index in [-0.39, 0.29) is 0 Å². The predicted molar refractivity (Wildman–Crippen MR) is 84.4 cm³/mol. The molecule has 3 aromatic rings.